The number of aromatic nitrogens is 3. The Bertz CT molecular complexity index is 750. The largest absolute Gasteiger partial charge is 0.376 e. The van der Waals surface area contributed by atoms with Crippen molar-refractivity contribution in [3.8, 4) is 11.4 Å². The van der Waals surface area contributed by atoms with Crippen molar-refractivity contribution in [3.63, 3.8) is 0 Å². The first kappa shape index (κ1) is 15.4. The summed E-state index contributed by atoms with van der Waals surface area (Å²) in [5, 5.41) is 10.3. The molecule has 4 rings (SSSR count). The second-order valence-corrected chi connectivity index (χ2v) is 6.91. The normalized spacial score (nSPS) is 28.7. The lowest BCUT2D eigenvalue weighted by Gasteiger charge is -2.50. The fourth-order valence-corrected chi connectivity index (χ4v) is 4.01. The highest BCUT2D eigenvalue weighted by Gasteiger charge is 2.55. The molecule has 1 aliphatic heterocycles. The van der Waals surface area contributed by atoms with Crippen LogP contribution in [0.2, 0.25) is 0 Å². The van der Waals surface area contributed by atoms with Crippen LogP contribution in [0.15, 0.2) is 24.4 Å². The van der Waals surface area contributed by atoms with Gasteiger partial charge in [-0.2, -0.15) is 5.10 Å². The zero-order valence-corrected chi connectivity index (χ0v) is 14.2. The van der Waals surface area contributed by atoms with E-state index in [0.717, 1.165) is 24.4 Å². The SMILES string of the molecule is CN(C)[C@H]1[C@H](NC(=O)c2cc(-c3cccn3C)n[nH]2)[C@@H]2CCO[C@@H]21. The van der Waals surface area contributed by atoms with Gasteiger partial charge in [0.15, 0.2) is 0 Å². The van der Waals surface area contributed by atoms with Crippen molar-refractivity contribution >= 4 is 5.91 Å². The molecule has 1 saturated heterocycles. The minimum atomic E-state index is -0.106. The summed E-state index contributed by atoms with van der Waals surface area (Å²) in [7, 11) is 6.02. The molecule has 2 aromatic rings. The standard InChI is InChI=1S/C17H23N5O2/c1-21(2)15-14(10-6-8-24-16(10)15)18-17(23)12-9-11(19-20-12)13-5-4-7-22(13)3/h4-5,7,9-10,14-16H,6,8H2,1-3H3,(H,18,23)(H,19,20)/t10-,14+,15-,16-/m0/s1. The van der Waals surface area contributed by atoms with Gasteiger partial charge in [-0.15, -0.1) is 0 Å². The van der Waals surface area contributed by atoms with Gasteiger partial charge in [-0.25, -0.2) is 0 Å². The highest BCUT2D eigenvalue weighted by atomic mass is 16.5. The van der Waals surface area contributed by atoms with E-state index < -0.39 is 0 Å². The van der Waals surface area contributed by atoms with E-state index in [-0.39, 0.29) is 24.1 Å². The van der Waals surface area contributed by atoms with Gasteiger partial charge in [0, 0.05) is 25.8 Å². The minimum Gasteiger partial charge on any atom is -0.376 e. The number of hydrogen-bond acceptors (Lipinski definition) is 4. The number of aromatic amines is 1. The molecular formula is C17H23N5O2. The smallest absolute Gasteiger partial charge is 0.269 e. The first-order valence-corrected chi connectivity index (χ1v) is 8.32. The summed E-state index contributed by atoms with van der Waals surface area (Å²) in [5.41, 5.74) is 2.24. The number of ether oxygens (including phenoxy) is 1. The lowest BCUT2D eigenvalue weighted by Crippen LogP contribution is -2.69. The van der Waals surface area contributed by atoms with E-state index in [1.54, 1.807) is 6.07 Å². The lowest BCUT2D eigenvalue weighted by molar-refractivity contribution is -0.0664. The minimum absolute atomic E-state index is 0.106. The Kier molecular flexibility index (Phi) is 3.69. The van der Waals surface area contributed by atoms with Crippen LogP contribution in [-0.4, -0.2) is 64.5 Å². The maximum absolute atomic E-state index is 12.6. The summed E-state index contributed by atoms with van der Waals surface area (Å²) in [4.78, 5) is 14.8. The molecule has 128 valence electrons. The topological polar surface area (TPSA) is 75.2 Å². The molecular weight excluding hydrogens is 306 g/mol. The first-order valence-electron chi connectivity index (χ1n) is 8.32. The summed E-state index contributed by atoms with van der Waals surface area (Å²) < 4.78 is 7.77. The molecule has 1 aliphatic carbocycles. The number of carbonyl (C=O) groups is 1. The number of amides is 1. The van der Waals surface area contributed by atoms with Crippen molar-refractivity contribution in [2.45, 2.75) is 24.6 Å². The number of H-pyrrole nitrogens is 1. The zero-order chi connectivity index (χ0) is 16.8. The summed E-state index contributed by atoms with van der Waals surface area (Å²) in [6.45, 7) is 0.785. The number of nitrogens with zero attached hydrogens (tertiary/aromatic N) is 3. The van der Waals surface area contributed by atoms with Gasteiger partial charge in [-0.05, 0) is 38.7 Å². The summed E-state index contributed by atoms with van der Waals surface area (Å²) in [5.74, 6) is 0.307. The van der Waals surface area contributed by atoms with Crippen LogP contribution in [0.3, 0.4) is 0 Å². The number of likely N-dealkylation sites (N-methyl/N-ethyl adjacent to an activating group) is 1. The number of nitrogens with one attached hydrogen (secondary N) is 2. The molecule has 1 saturated carbocycles. The van der Waals surface area contributed by atoms with Crippen LogP contribution in [0.4, 0.5) is 0 Å². The number of aryl methyl sites for hydroxylation is 1. The molecule has 0 spiro atoms. The van der Waals surface area contributed by atoms with E-state index >= 15 is 0 Å². The predicted octanol–water partition coefficient (Wildman–Crippen LogP) is 0.862. The van der Waals surface area contributed by atoms with Gasteiger partial charge < -0.3 is 19.5 Å². The van der Waals surface area contributed by atoms with Gasteiger partial charge in [0.1, 0.15) is 11.4 Å². The van der Waals surface area contributed by atoms with Crippen molar-refractivity contribution in [1.29, 1.82) is 0 Å². The highest BCUT2D eigenvalue weighted by molar-refractivity contribution is 5.93. The van der Waals surface area contributed by atoms with E-state index in [1.165, 1.54) is 0 Å². The molecule has 7 nitrogen and oxygen atoms in total. The molecule has 7 heteroatoms. The van der Waals surface area contributed by atoms with E-state index in [9.17, 15) is 4.79 Å². The van der Waals surface area contributed by atoms with Crippen molar-refractivity contribution in [2.24, 2.45) is 13.0 Å². The molecule has 3 heterocycles. The third-order valence-corrected chi connectivity index (χ3v) is 5.27. The quantitative estimate of drug-likeness (QED) is 0.872. The number of carbonyl (C=O) groups excluding carboxylic acids is 1. The number of rotatable bonds is 4. The van der Waals surface area contributed by atoms with Crippen molar-refractivity contribution < 1.29 is 9.53 Å². The van der Waals surface area contributed by atoms with Gasteiger partial charge in [-0.1, -0.05) is 0 Å². The first-order chi connectivity index (χ1) is 11.6. The summed E-state index contributed by atoms with van der Waals surface area (Å²) in [6.07, 6.45) is 3.21. The van der Waals surface area contributed by atoms with Gasteiger partial charge >= 0.3 is 0 Å². The fourth-order valence-electron chi connectivity index (χ4n) is 4.01. The lowest BCUT2D eigenvalue weighted by atomic mass is 9.71. The van der Waals surface area contributed by atoms with Crippen molar-refractivity contribution in [3.05, 3.63) is 30.1 Å². The van der Waals surface area contributed by atoms with Gasteiger partial charge in [-0.3, -0.25) is 9.89 Å². The Morgan fingerprint density at radius 3 is 3.04 bits per heavy atom. The Morgan fingerprint density at radius 2 is 2.33 bits per heavy atom. The monoisotopic (exact) mass is 329 g/mol. The Balaban J connectivity index is 1.49. The van der Waals surface area contributed by atoms with Crippen molar-refractivity contribution in [2.75, 3.05) is 20.7 Å². The van der Waals surface area contributed by atoms with Crippen LogP contribution < -0.4 is 5.32 Å². The van der Waals surface area contributed by atoms with Gasteiger partial charge in [0.2, 0.25) is 0 Å². The zero-order valence-electron chi connectivity index (χ0n) is 14.2. The molecule has 2 fully saturated rings. The molecule has 1 amide bonds. The van der Waals surface area contributed by atoms with E-state index in [1.807, 2.05) is 44.0 Å². The molecule has 0 aromatic carbocycles. The molecule has 0 radical (unpaired) electrons. The van der Waals surface area contributed by atoms with Crippen LogP contribution in [0.1, 0.15) is 16.9 Å². The second-order valence-electron chi connectivity index (χ2n) is 6.91. The maximum atomic E-state index is 12.6. The van der Waals surface area contributed by atoms with Crippen molar-refractivity contribution in [1.82, 2.24) is 25.0 Å². The molecule has 0 bridgehead atoms. The molecule has 2 aromatic heterocycles. The third-order valence-electron chi connectivity index (χ3n) is 5.27. The number of fused-ring (bicyclic) bond motifs is 1. The Morgan fingerprint density at radius 1 is 1.50 bits per heavy atom. The van der Waals surface area contributed by atoms with E-state index in [0.29, 0.717) is 11.6 Å². The Labute approximate surface area is 141 Å². The predicted molar refractivity (Wildman–Crippen MR) is 89.6 cm³/mol. The van der Waals surface area contributed by atoms with Crippen LogP contribution in [0.5, 0.6) is 0 Å². The summed E-state index contributed by atoms with van der Waals surface area (Å²) >= 11 is 0. The molecule has 24 heavy (non-hydrogen) atoms. The average Bonchev–Trinajstić information content (AvgIpc) is 3.23. The van der Waals surface area contributed by atoms with Crippen LogP contribution in [0, 0.1) is 5.92 Å². The average molecular weight is 329 g/mol. The molecule has 2 N–H and O–H groups in total. The van der Waals surface area contributed by atoms with Crippen LogP contribution in [-0.2, 0) is 11.8 Å². The van der Waals surface area contributed by atoms with E-state index in [4.69, 9.17) is 4.74 Å². The van der Waals surface area contributed by atoms with E-state index in [2.05, 4.69) is 20.4 Å². The number of hydrogen-bond donors (Lipinski definition) is 2. The molecule has 4 atom stereocenters. The molecule has 2 aliphatic rings. The molecule has 0 unspecified atom stereocenters. The highest BCUT2D eigenvalue weighted by Crippen LogP contribution is 2.41. The Hall–Kier alpha value is -2.12. The maximum Gasteiger partial charge on any atom is 0.269 e. The van der Waals surface area contributed by atoms with Gasteiger partial charge in [0.25, 0.3) is 5.91 Å². The van der Waals surface area contributed by atoms with Gasteiger partial charge in [0.05, 0.1) is 23.9 Å². The third kappa shape index (κ3) is 2.35. The van der Waals surface area contributed by atoms with Crippen LogP contribution in [0.25, 0.3) is 11.4 Å². The summed E-state index contributed by atoms with van der Waals surface area (Å²) in [6, 6.07) is 6.10. The second kappa shape index (κ2) is 5.75. The van der Waals surface area contributed by atoms with Crippen LogP contribution >= 0.6 is 0 Å². The fraction of sp³-hybridized carbons (Fsp3) is 0.529.